The quantitative estimate of drug-likeness (QED) is 0.507. The molecule has 0 aliphatic carbocycles. The molecule has 1 aromatic carbocycles. The monoisotopic (exact) mass is 452 g/mol. The van der Waals surface area contributed by atoms with Crippen LogP contribution in [0.4, 0.5) is 0 Å². The van der Waals surface area contributed by atoms with Crippen molar-refractivity contribution in [1.82, 2.24) is 10.3 Å². The zero-order chi connectivity index (χ0) is 18.4. The van der Waals surface area contributed by atoms with Gasteiger partial charge < -0.3 is 14.8 Å². The molecule has 136 valence electrons. The fourth-order valence-electron chi connectivity index (χ4n) is 2.18. The predicted octanol–water partition coefficient (Wildman–Crippen LogP) is 4.59. The third-order valence-corrected chi connectivity index (χ3v) is 6.13. The summed E-state index contributed by atoms with van der Waals surface area (Å²) in [6.45, 7) is 1.44. The summed E-state index contributed by atoms with van der Waals surface area (Å²) in [5, 5.41) is 7.52. The number of nitrogens with one attached hydrogen (secondary N) is 1. The number of thiophene rings is 1. The van der Waals surface area contributed by atoms with E-state index < -0.39 is 0 Å². The van der Waals surface area contributed by atoms with Crippen molar-refractivity contribution in [2.45, 2.75) is 6.54 Å². The van der Waals surface area contributed by atoms with Crippen molar-refractivity contribution >= 4 is 44.5 Å². The average molecular weight is 453 g/mol. The first-order chi connectivity index (χ1) is 12.7. The van der Waals surface area contributed by atoms with E-state index in [1.54, 1.807) is 23.8 Å². The molecule has 1 amide bonds. The molecule has 0 fully saturated rings. The summed E-state index contributed by atoms with van der Waals surface area (Å²) in [4.78, 5) is 17.8. The molecule has 1 N–H and O–H groups in total. The largest absolute Gasteiger partial charge is 0.491 e. The Bertz CT molecular complexity index is 879. The van der Waals surface area contributed by atoms with Gasteiger partial charge in [-0.2, -0.15) is 0 Å². The van der Waals surface area contributed by atoms with E-state index in [2.05, 4.69) is 26.2 Å². The van der Waals surface area contributed by atoms with E-state index in [1.165, 1.54) is 11.3 Å². The molecule has 5 nitrogen and oxygen atoms in total. The lowest BCUT2D eigenvalue weighted by molar-refractivity contribution is 0.0946. The fraction of sp³-hybridized carbons (Fsp3) is 0.222. The van der Waals surface area contributed by atoms with Crippen molar-refractivity contribution in [2.24, 2.45) is 0 Å². The standard InChI is InChI=1S/C18H17BrN2O3S2/c1-23-5-6-24-14-4-2-3-12(7-14)9-20-17(22)15-11-26-18(21-15)16-8-13(19)10-25-16/h2-4,7-8,10-11H,5-6,9H2,1H3,(H,20,22). The van der Waals surface area contributed by atoms with Crippen LogP contribution in [0.2, 0.25) is 0 Å². The Morgan fingerprint density at radius 2 is 2.12 bits per heavy atom. The molecule has 2 aromatic heterocycles. The molecule has 3 rings (SSSR count). The molecule has 8 heteroatoms. The maximum absolute atomic E-state index is 12.3. The van der Waals surface area contributed by atoms with E-state index in [4.69, 9.17) is 9.47 Å². The lowest BCUT2D eigenvalue weighted by Crippen LogP contribution is -2.23. The Hall–Kier alpha value is -1.74. The van der Waals surface area contributed by atoms with E-state index in [-0.39, 0.29) is 5.91 Å². The number of hydrogen-bond acceptors (Lipinski definition) is 6. The van der Waals surface area contributed by atoms with Crippen LogP contribution in [0.25, 0.3) is 9.88 Å². The Morgan fingerprint density at radius 1 is 1.23 bits per heavy atom. The molecule has 0 saturated carbocycles. The number of hydrogen-bond donors (Lipinski definition) is 1. The normalized spacial score (nSPS) is 10.7. The van der Waals surface area contributed by atoms with Crippen molar-refractivity contribution in [3.8, 4) is 15.6 Å². The third-order valence-electron chi connectivity index (χ3n) is 3.42. The average Bonchev–Trinajstić information content (AvgIpc) is 3.29. The lowest BCUT2D eigenvalue weighted by Gasteiger charge is -2.08. The molecule has 0 unspecified atom stereocenters. The highest BCUT2D eigenvalue weighted by Gasteiger charge is 2.13. The number of halogens is 1. The number of carbonyl (C=O) groups excluding carboxylic acids is 1. The smallest absolute Gasteiger partial charge is 0.271 e. The molecule has 0 aliphatic heterocycles. The van der Waals surface area contributed by atoms with Crippen LogP contribution in [0, 0.1) is 0 Å². The SMILES string of the molecule is COCCOc1cccc(CNC(=O)c2csc(-c3cc(Br)cs3)n2)c1. The van der Waals surface area contributed by atoms with E-state index in [0.717, 1.165) is 25.7 Å². The summed E-state index contributed by atoms with van der Waals surface area (Å²) in [6.07, 6.45) is 0. The van der Waals surface area contributed by atoms with Gasteiger partial charge in [-0.1, -0.05) is 12.1 Å². The Labute approximate surface area is 168 Å². The Balaban J connectivity index is 1.57. The van der Waals surface area contributed by atoms with Crippen LogP contribution in [0.15, 0.2) is 45.6 Å². The van der Waals surface area contributed by atoms with Crippen molar-refractivity contribution in [2.75, 3.05) is 20.3 Å². The number of benzene rings is 1. The number of methoxy groups -OCH3 is 1. The first-order valence-electron chi connectivity index (χ1n) is 7.84. The number of rotatable bonds is 8. The van der Waals surface area contributed by atoms with Crippen LogP contribution in [-0.2, 0) is 11.3 Å². The van der Waals surface area contributed by atoms with Gasteiger partial charge in [0.25, 0.3) is 5.91 Å². The molecular formula is C18H17BrN2O3S2. The summed E-state index contributed by atoms with van der Waals surface area (Å²) in [7, 11) is 1.64. The molecule has 0 aliphatic rings. The van der Waals surface area contributed by atoms with Gasteiger partial charge in [-0.15, -0.1) is 22.7 Å². The topological polar surface area (TPSA) is 60.5 Å². The molecule has 0 bridgehead atoms. The minimum atomic E-state index is -0.186. The number of carbonyl (C=O) groups is 1. The predicted molar refractivity (Wildman–Crippen MR) is 108 cm³/mol. The van der Waals surface area contributed by atoms with E-state index in [9.17, 15) is 4.79 Å². The number of amides is 1. The molecule has 0 saturated heterocycles. The molecule has 0 spiro atoms. The van der Waals surface area contributed by atoms with Crippen molar-refractivity contribution in [3.05, 3.63) is 56.8 Å². The Kier molecular flexibility index (Phi) is 6.79. The van der Waals surface area contributed by atoms with Crippen LogP contribution in [0.3, 0.4) is 0 Å². The highest BCUT2D eigenvalue weighted by atomic mass is 79.9. The number of nitrogens with zero attached hydrogens (tertiary/aromatic N) is 1. The zero-order valence-corrected chi connectivity index (χ0v) is 17.2. The summed E-state index contributed by atoms with van der Waals surface area (Å²) < 4.78 is 11.6. The van der Waals surface area contributed by atoms with Gasteiger partial charge in [0, 0.05) is 28.9 Å². The van der Waals surface area contributed by atoms with Gasteiger partial charge in [-0.25, -0.2) is 4.98 Å². The molecule has 0 radical (unpaired) electrons. The molecule has 3 aromatic rings. The van der Waals surface area contributed by atoms with E-state index in [1.807, 2.05) is 35.7 Å². The zero-order valence-electron chi connectivity index (χ0n) is 14.0. The van der Waals surface area contributed by atoms with Crippen molar-refractivity contribution < 1.29 is 14.3 Å². The molecule has 0 atom stereocenters. The molecule has 26 heavy (non-hydrogen) atoms. The van der Waals surface area contributed by atoms with Gasteiger partial charge in [-0.05, 0) is 39.7 Å². The van der Waals surface area contributed by atoms with Gasteiger partial charge in [0.05, 0.1) is 11.5 Å². The van der Waals surface area contributed by atoms with Gasteiger partial charge >= 0.3 is 0 Å². The minimum Gasteiger partial charge on any atom is -0.491 e. The van der Waals surface area contributed by atoms with Gasteiger partial charge in [-0.3, -0.25) is 4.79 Å². The van der Waals surface area contributed by atoms with Crippen LogP contribution in [-0.4, -0.2) is 31.2 Å². The lowest BCUT2D eigenvalue weighted by atomic mass is 10.2. The summed E-state index contributed by atoms with van der Waals surface area (Å²) in [6, 6.07) is 9.64. The first-order valence-corrected chi connectivity index (χ1v) is 10.4. The van der Waals surface area contributed by atoms with Crippen LogP contribution in [0.5, 0.6) is 5.75 Å². The second-order valence-electron chi connectivity index (χ2n) is 5.34. The van der Waals surface area contributed by atoms with E-state index >= 15 is 0 Å². The maximum Gasteiger partial charge on any atom is 0.271 e. The van der Waals surface area contributed by atoms with Gasteiger partial charge in [0.1, 0.15) is 23.1 Å². The van der Waals surface area contributed by atoms with Gasteiger partial charge in [0.15, 0.2) is 0 Å². The van der Waals surface area contributed by atoms with Gasteiger partial charge in [0.2, 0.25) is 0 Å². The van der Waals surface area contributed by atoms with Crippen LogP contribution in [0.1, 0.15) is 16.1 Å². The number of thiazole rings is 1. The molecular weight excluding hydrogens is 436 g/mol. The summed E-state index contributed by atoms with van der Waals surface area (Å²) in [5.74, 6) is 0.571. The summed E-state index contributed by atoms with van der Waals surface area (Å²) in [5.41, 5.74) is 1.40. The highest BCUT2D eigenvalue weighted by molar-refractivity contribution is 9.10. The number of aromatic nitrogens is 1. The van der Waals surface area contributed by atoms with E-state index in [0.29, 0.717) is 25.5 Å². The highest BCUT2D eigenvalue weighted by Crippen LogP contribution is 2.31. The second kappa shape index (κ2) is 9.27. The maximum atomic E-state index is 12.3. The first kappa shape index (κ1) is 19.0. The second-order valence-corrected chi connectivity index (χ2v) is 8.02. The summed E-state index contributed by atoms with van der Waals surface area (Å²) >= 11 is 6.49. The third kappa shape index (κ3) is 5.14. The minimum absolute atomic E-state index is 0.186. The van der Waals surface area contributed by atoms with Crippen molar-refractivity contribution in [3.63, 3.8) is 0 Å². The van der Waals surface area contributed by atoms with Crippen molar-refractivity contribution in [1.29, 1.82) is 0 Å². The van der Waals surface area contributed by atoms with Crippen LogP contribution < -0.4 is 10.1 Å². The van der Waals surface area contributed by atoms with Crippen LogP contribution >= 0.6 is 38.6 Å². The molecule has 2 heterocycles. The number of ether oxygens (including phenoxy) is 2. The fourth-order valence-corrected chi connectivity index (χ4v) is 4.49. The Morgan fingerprint density at radius 3 is 2.88 bits per heavy atom.